The summed E-state index contributed by atoms with van der Waals surface area (Å²) in [5.74, 6) is -1.06. The maximum absolute atomic E-state index is 11.0. The normalized spacial score (nSPS) is 12.6. The summed E-state index contributed by atoms with van der Waals surface area (Å²) < 4.78 is 32.4. The summed E-state index contributed by atoms with van der Waals surface area (Å²) >= 11 is 2.91. The molecule has 0 unspecified atom stereocenters. The molecular weight excluding hydrogens is 276 g/mol. The van der Waals surface area contributed by atoms with Crippen LogP contribution in [0.2, 0.25) is 0 Å². The van der Waals surface area contributed by atoms with E-state index in [1.54, 1.807) is 0 Å². The van der Waals surface area contributed by atoms with Gasteiger partial charge in [-0.2, -0.15) is 8.42 Å². The number of carbonyl (C=O) groups is 1. The van der Waals surface area contributed by atoms with Gasteiger partial charge in [0.05, 0.1) is 0 Å². The molecule has 0 saturated heterocycles. The molecule has 0 spiro atoms. The average Bonchev–Trinajstić information content (AvgIpc) is 2.02. The van der Waals surface area contributed by atoms with Gasteiger partial charge in [0.25, 0.3) is 0 Å². The maximum Gasteiger partial charge on any atom is 0.449 e. The second kappa shape index (κ2) is 6.15. The maximum atomic E-state index is 11.0. The fraction of sp³-hybridized carbons (Fsp3) is 0.571. The van der Waals surface area contributed by atoms with Gasteiger partial charge in [0.15, 0.2) is 0 Å². The van der Waals surface area contributed by atoms with Crippen molar-refractivity contribution in [2.24, 2.45) is 0 Å². The van der Waals surface area contributed by atoms with Crippen molar-refractivity contribution in [2.75, 3.05) is 0 Å². The minimum atomic E-state index is -4.71. The van der Waals surface area contributed by atoms with Gasteiger partial charge < -0.3 is 4.18 Å². The van der Waals surface area contributed by atoms with Crippen molar-refractivity contribution in [1.82, 2.24) is 0 Å². The number of carbonyl (C=O) groups excluding carboxylic acids is 1. The molecule has 0 amide bonds. The quantitative estimate of drug-likeness (QED) is 0.616. The highest BCUT2D eigenvalue weighted by atomic mass is 79.9. The van der Waals surface area contributed by atoms with E-state index in [1.807, 2.05) is 6.92 Å². The van der Waals surface area contributed by atoms with Crippen molar-refractivity contribution in [3.05, 3.63) is 10.6 Å². The summed E-state index contributed by atoms with van der Waals surface area (Å²) in [5, 5.41) is 0. The molecule has 0 rings (SSSR count). The fourth-order valence-corrected chi connectivity index (χ4v) is 1.43. The number of halogens is 1. The molecule has 0 aliphatic heterocycles. The molecular formula is C7H11BrO5S. The lowest BCUT2D eigenvalue weighted by Crippen LogP contribution is -2.13. The lowest BCUT2D eigenvalue weighted by atomic mass is 10.1. The zero-order chi connectivity index (χ0) is 11.2. The van der Waals surface area contributed by atoms with Gasteiger partial charge in [-0.05, 0) is 17.8 Å². The van der Waals surface area contributed by atoms with Crippen LogP contribution in [-0.4, -0.2) is 18.9 Å². The molecule has 0 aromatic heterocycles. The first-order valence-electron chi connectivity index (χ1n) is 3.91. The van der Waals surface area contributed by atoms with Crippen LogP contribution in [0.3, 0.4) is 0 Å². The van der Waals surface area contributed by atoms with Crippen LogP contribution >= 0.6 is 15.9 Å². The Kier molecular flexibility index (Phi) is 5.98. The molecule has 82 valence electrons. The second-order valence-corrected chi connectivity index (χ2v) is 4.02. The molecule has 0 saturated carbocycles. The standard InChI is InChI=1S/C7H11BrO5S/c1-2-3-4-6(5-8)7(9)13-14(10,11)12/h5H,2-4H2,1H3,(H,10,11,12). The molecule has 1 N–H and O–H groups in total. The first-order valence-corrected chi connectivity index (χ1v) is 6.19. The number of unbranched alkanes of at least 4 members (excludes halogenated alkanes) is 1. The van der Waals surface area contributed by atoms with Crippen molar-refractivity contribution in [3.8, 4) is 0 Å². The molecule has 0 atom stereocenters. The molecule has 0 aliphatic rings. The van der Waals surface area contributed by atoms with E-state index >= 15 is 0 Å². The van der Waals surface area contributed by atoms with Gasteiger partial charge in [-0.1, -0.05) is 29.3 Å². The molecule has 0 aliphatic carbocycles. The Morgan fingerprint density at radius 3 is 2.50 bits per heavy atom. The summed E-state index contributed by atoms with van der Waals surface area (Å²) in [5.41, 5.74) is 0.171. The summed E-state index contributed by atoms with van der Waals surface area (Å²) in [7, 11) is -4.71. The van der Waals surface area contributed by atoms with E-state index in [0.717, 1.165) is 12.8 Å². The first kappa shape index (κ1) is 13.6. The van der Waals surface area contributed by atoms with Crippen LogP contribution in [0.25, 0.3) is 0 Å². The Bertz CT molecular complexity index is 319. The lowest BCUT2D eigenvalue weighted by Gasteiger charge is -2.03. The summed E-state index contributed by atoms with van der Waals surface area (Å²) in [4.78, 5) is 12.3. The van der Waals surface area contributed by atoms with Crippen LogP contribution in [0.1, 0.15) is 26.2 Å². The van der Waals surface area contributed by atoms with Gasteiger partial charge in [-0.25, -0.2) is 4.79 Å². The van der Waals surface area contributed by atoms with E-state index < -0.39 is 16.4 Å². The number of hydrogen-bond acceptors (Lipinski definition) is 4. The lowest BCUT2D eigenvalue weighted by molar-refractivity contribution is -0.130. The Balaban J connectivity index is 4.35. The van der Waals surface area contributed by atoms with E-state index in [-0.39, 0.29) is 5.57 Å². The largest absolute Gasteiger partial charge is 0.449 e. The summed E-state index contributed by atoms with van der Waals surface area (Å²) in [6.07, 6.45) is 2.00. The van der Waals surface area contributed by atoms with Gasteiger partial charge in [-0.3, -0.25) is 4.55 Å². The molecule has 0 heterocycles. The monoisotopic (exact) mass is 286 g/mol. The Labute approximate surface area is 91.2 Å². The minimum Gasteiger partial charge on any atom is -0.321 e. The van der Waals surface area contributed by atoms with Gasteiger partial charge in [-0.15, -0.1) is 0 Å². The molecule has 0 aromatic rings. The van der Waals surface area contributed by atoms with Crippen molar-refractivity contribution >= 4 is 32.3 Å². The van der Waals surface area contributed by atoms with Crippen molar-refractivity contribution in [1.29, 1.82) is 0 Å². The SMILES string of the molecule is CCCCC(=CBr)C(=O)OS(=O)(=O)O. The third-order valence-corrected chi connectivity index (χ3v) is 2.29. The van der Waals surface area contributed by atoms with E-state index in [2.05, 4.69) is 20.1 Å². The molecule has 5 nitrogen and oxygen atoms in total. The molecule has 0 radical (unpaired) electrons. The first-order chi connectivity index (χ1) is 6.40. The Morgan fingerprint density at radius 2 is 2.14 bits per heavy atom. The smallest absolute Gasteiger partial charge is 0.321 e. The van der Waals surface area contributed by atoms with Crippen LogP contribution in [0.5, 0.6) is 0 Å². The van der Waals surface area contributed by atoms with Crippen LogP contribution < -0.4 is 0 Å². The van der Waals surface area contributed by atoms with Gasteiger partial charge >= 0.3 is 16.4 Å². The minimum absolute atomic E-state index is 0.171. The fourth-order valence-electron chi connectivity index (χ4n) is 0.718. The van der Waals surface area contributed by atoms with Crippen LogP contribution in [0, 0.1) is 0 Å². The Hall–Kier alpha value is -0.400. The highest BCUT2D eigenvalue weighted by molar-refractivity contribution is 9.11. The zero-order valence-corrected chi connectivity index (χ0v) is 9.97. The molecule has 7 heteroatoms. The predicted octanol–water partition coefficient (Wildman–Crippen LogP) is 1.80. The molecule has 0 fully saturated rings. The van der Waals surface area contributed by atoms with Crippen molar-refractivity contribution < 1.29 is 21.9 Å². The van der Waals surface area contributed by atoms with Gasteiger partial charge in [0, 0.05) is 5.57 Å². The topological polar surface area (TPSA) is 80.7 Å². The van der Waals surface area contributed by atoms with Crippen molar-refractivity contribution in [2.45, 2.75) is 26.2 Å². The van der Waals surface area contributed by atoms with Crippen LogP contribution in [-0.2, 0) is 19.4 Å². The summed E-state index contributed by atoms with van der Waals surface area (Å²) in [6, 6.07) is 0. The van der Waals surface area contributed by atoms with Crippen molar-refractivity contribution in [3.63, 3.8) is 0 Å². The predicted molar refractivity (Wildman–Crippen MR) is 54.2 cm³/mol. The molecule has 0 aromatic carbocycles. The second-order valence-electron chi connectivity index (χ2n) is 2.54. The molecule has 14 heavy (non-hydrogen) atoms. The number of rotatable bonds is 5. The highest BCUT2D eigenvalue weighted by Gasteiger charge is 2.17. The summed E-state index contributed by atoms with van der Waals surface area (Å²) in [6.45, 7) is 1.93. The molecule has 0 bridgehead atoms. The Morgan fingerprint density at radius 1 is 1.57 bits per heavy atom. The van der Waals surface area contributed by atoms with E-state index in [4.69, 9.17) is 4.55 Å². The average molecular weight is 287 g/mol. The van der Waals surface area contributed by atoms with Crippen LogP contribution in [0.15, 0.2) is 10.6 Å². The van der Waals surface area contributed by atoms with E-state index in [1.165, 1.54) is 4.99 Å². The number of hydrogen-bond donors (Lipinski definition) is 1. The third-order valence-electron chi connectivity index (χ3n) is 1.37. The van der Waals surface area contributed by atoms with E-state index in [9.17, 15) is 13.2 Å². The van der Waals surface area contributed by atoms with Crippen LogP contribution in [0.4, 0.5) is 0 Å². The van der Waals surface area contributed by atoms with E-state index in [0.29, 0.717) is 6.42 Å². The van der Waals surface area contributed by atoms with Gasteiger partial charge in [0.2, 0.25) is 0 Å². The highest BCUT2D eigenvalue weighted by Crippen LogP contribution is 2.12. The third kappa shape index (κ3) is 6.11. The zero-order valence-electron chi connectivity index (χ0n) is 7.57. The van der Waals surface area contributed by atoms with Gasteiger partial charge in [0.1, 0.15) is 0 Å².